The van der Waals surface area contributed by atoms with Gasteiger partial charge in [-0.1, -0.05) is 77.6 Å². The van der Waals surface area contributed by atoms with Crippen molar-refractivity contribution in [2.75, 3.05) is 13.2 Å². The Balaban J connectivity index is 0.000000684. The van der Waals surface area contributed by atoms with Crippen molar-refractivity contribution in [3.63, 3.8) is 0 Å². The van der Waals surface area contributed by atoms with E-state index in [1.165, 1.54) is 25.7 Å². The number of carbonyl (C=O) groups is 2. The van der Waals surface area contributed by atoms with E-state index < -0.39 is 11.9 Å². The topological polar surface area (TPSA) is 98.7 Å². The summed E-state index contributed by atoms with van der Waals surface area (Å²) in [5.41, 5.74) is 2.27. The predicted molar refractivity (Wildman–Crippen MR) is 185 cm³/mol. The number of aryl methyl sites for hydroxylation is 2. The van der Waals surface area contributed by atoms with Crippen LogP contribution in [-0.4, -0.2) is 46.3 Å². The molecule has 2 aromatic carbocycles. The van der Waals surface area contributed by atoms with Crippen molar-refractivity contribution in [1.82, 2.24) is 0 Å². The molecule has 0 aliphatic rings. The van der Waals surface area contributed by atoms with Gasteiger partial charge in [0.25, 0.3) is 0 Å². The Hall–Kier alpha value is -2.22. The van der Waals surface area contributed by atoms with E-state index in [-0.39, 0.29) is 32.3 Å². The molecule has 0 spiro atoms. The number of carbonyl (C=O) groups excluding carboxylic acids is 2. The van der Waals surface area contributed by atoms with Crippen LogP contribution < -0.4 is 19.7 Å². The van der Waals surface area contributed by atoms with Crippen LogP contribution in [0.5, 0.6) is 11.5 Å². The fourth-order valence-corrected chi connectivity index (χ4v) is 8.48. The fraction of sp³-hybridized carbons (Fsp3) is 0.632. The number of rotatable bonds is 22. The minimum absolute atomic E-state index is 0.149. The molecule has 2 aromatic rings. The van der Waals surface area contributed by atoms with Crippen LogP contribution in [0.25, 0.3) is 0 Å². The SMILES string of the molecule is CCCCOc1c(CCCC)cccc1C(=O)[O-].CCCCOc1c(CCCC)cccc1C(=O)[O-].CCC[CH2][Sn+2][CH2]CCC. The molecule has 2 rings (SSSR count). The first-order valence-corrected chi connectivity index (χ1v) is 21.5. The summed E-state index contributed by atoms with van der Waals surface area (Å²) in [5, 5.41) is 22.2. The number of hydrogen-bond donors (Lipinski definition) is 0. The van der Waals surface area contributed by atoms with Crippen molar-refractivity contribution in [3.05, 3.63) is 58.7 Å². The van der Waals surface area contributed by atoms with Crippen LogP contribution in [-0.2, 0) is 12.8 Å². The van der Waals surface area contributed by atoms with Gasteiger partial charge >= 0.3 is 69.5 Å². The van der Waals surface area contributed by atoms with Gasteiger partial charge in [0.05, 0.1) is 25.2 Å². The van der Waals surface area contributed by atoms with Crippen LogP contribution in [0.2, 0.25) is 8.87 Å². The number of benzene rings is 2. The van der Waals surface area contributed by atoms with E-state index in [1.54, 1.807) is 33.1 Å². The Morgan fingerprint density at radius 3 is 1.22 bits per heavy atom. The standard InChI is InChI=1S/2C15H22O3.2C4H9.Sn/c2*1-3-5-8-12-9-7-10-13(15(16)17)14(12)18-11-6-4-2;2*1-3-4-2;/h2*7,9-10H,3-6,8,11H2,1-2H3,(H,16,17);2*1,3-4H2,2H3;/q;;;;+2/p-2. The first kappa shape index (κ1) is 42.8. The van der Waals surface area contributed by atoms with Crippen LogP contribution in [0, 0.1) is 0 Å². The number of carboxylic acids is 2. The van der Waals surface area contributed by atoms with E-state index in [0.29, 0.717) is 24.7 Å². The number of hydrogen-bond acceptors (Lipinski definition) is 6. The first-order chi connectivity index (χ1) is 21.8. The quantitative estimate of drug-likeness (QED) is 0.0894. The molecule has 0 fully saturated rings. The molecule has 0 radical (unpaired) electrons. The summed E-state index contributed by atoms with van der Waals surface area (Å²) < 4.78 is 14.5. The maximum atomic E-state index is 11.1. The Morgan fingerprint density at radius 1 is 0.556 bits per heavy atom. The van der Waals surface area contributed by atoms with Gasteiger partial charge in [-0.3, -0.25) is 0 Å². The second-order valence-corrected chi connectivity index (χ2v) is 15.5. The molecule has 0 amide bonds. The summed E-state index contributed by atoms with van der Waals surface area (Å²) >= 11 is 0.149. The molecule has 0 bridgehead atoms. The molecule has 0 aliphatic heterocycles. The normalized spacial score (nSPS) is 10.1. The zero-order valence-electron chi connectivity index (χ0n) is 29.1. The summed E-state index contributed by atoms with van der Waals surface area (Å²) in [6.07, 6.45) is 15.6. The fourth-order valence-electron chi connectivity index (χ4n) is 4.33. The van der Waals surface area contributed by atoms with Gasteiger partial charge in [0.2, 0.25) is 0 Å². The van der Waals surface area contributed by atoms with Crippen molar-refractivity contribution in [1.29, 1.82) is 0 Å². The van der Waals surface area contributed by atoms with E-state index in [9.17, 15) is 19.8 Å². The summed E-state index contributed by atoms with van der Waals surface area (Å²) in [6.45, 7) is 14.1. The third-order valence-electron chi connectivity index (χ3n) is 7.14. The van der Waals surface area contributed by atoms with Crippen molar-refractivity contribution in [3.8, 4) is 11.5 Å². The van der Waals surface area contributed by atoms with Crippen LogP contribution in [0.4, 0.5) is 0 Å². The van der Waals surface area contributed by atoms with Gasteiger partial charge in [-0.2, -0.15) is 0 Å². The molecule has 7 heteroatoms. The second kappa shape index (κ2) is 29.2. The van der Waals surface area contributed by atoms with Crippen molar-refractivity contribution in [2.45, 2.75) is 140 Å². The molecular weight excluding hydrogens is 671 g/mol. The maximum absolute atomic E-state index is 11.1. The molecule has 0 aromatic heterocycles. The molecule has 0 heterocycles. The van der Waals surface area contributed by atoms with Gasteiger partial charge in [0, 0.05) is 11.1 Å². The van der Waals surface area contributed by atoms with Gasteiger partial charge in [-0.15, -0.1) is 0 Å². The van der Waals surface area contributed by atoms with Gasteiger partial charge in [0.15, 0.2) is 0 Å². The van der Waals surface area contributed by atoms with E-state index in [1.807, 2.05) is 12.1 Å². The second-order valence-electron chi connectivity index (χ2n) is 11.2. The molecule has 0 atom stereocenters. The van der Waals surface area contributed by atoms with E-state index in [4.69, 9.17) is 9.47 Å². The van der Waals surface area contributed by atoms with Gasteiger partial charge in [-0.05, 0) is 61.8 Å². The molecule has 0 saturated heterocycles. The Kier molecular flexibility index (Phi) is 27.8. The average molecular weight is 732 g/mol. The molecule has 45 heavy (non-hydrogen) atoms. The molecule has 6 nitrogen and oxygen atoms in total. The van der Waals surface area contributed by atoms with Crippen LogP contribution in [0.3, 0.4) is 0 Å². The summed E-state index contributed by atoms with van der Waals surface area (Å²) in [4.78, 5) is 22.2. The Labute approximate surface area is 284 Å². The number of unbranched alkanes of at least 4 members (excludes halogenated alkanes) is 6. The molecule has 0 unspecified atom stereocenters. The molecule has 0 saturated carbocycles. The van der Waals surface area contributed by atoms with Gasteiger partial charge in [-0.25, -0.2) is 0 Å². The Bertz CT molecular complexity index is 957. The molecule has 0 N–H and O–H groups in total. The van der Waals surface area contributed by atoms with Crippen molar-refractivity contribution < 1.29 is 29.3 Å². The predicted octanol–water partition coefficient (Wildman–Crippen LogP) is 8.27. The third kappa shape index (κ3) is 19.8. The van der Waals surface area contributed by atoms with E-state index in [0.717, 1.165) is 75.3 Å². The molecular formula is C38H60O6Sn. The zero-order valence-corrected chi connectivity index (χ0v) is 32.0. The minimum atomic E-state index is -1.17. The zero-order chi connectivity index (χ0) is 33.7. The number of para-hydroxylation sites is 2. The van der Waals surface area contributed by atoms with Crippen LogP contribution in [0.1, 0.15) is 150 Å². The van der Waals surface area contributed by atoms with Crippen LogP contribution >= 0.6 is 0 Å². The number of ether oxygens (including phenoxy) is 2. The van der Waals surface area contributed by atoms with E-state index >= 15 is 0 Å². The number of aromatic carboxylic acids is 2. The monoisotopic (exact) mass is 732 g/mol. The summed E-state index contributed by atoms with van der Waals surface area (Å²) in [7, 11) is 0. The molecule has 0 aliphatic carbocycles. The summed E-state index contributed by atoms with van der Waals surface area (Å²) in [6, 6.07) is 10.5. The van der Waals surface area contributed by atoms with Gasteiger partial charge < -0.3 is 29.3 Å². The number of carboxylic acid groups (broad SMARTS) is 2. The summed E-state index contributed by atoms with van der Waals surface area (Å²) in [5.74, 6) is -1.33. The average Bonchev–Trinajstić information content (AvgIpc) is 3.04. The van der Waals surface area contributed by atoms with Crippen molar-refractivity contribution in [2.24, 2.45) is 0 Å². The van der Waals surface area contributed by atoms with Gasteiger partial charge in [0.1, 0.15) is 11.5 Å². The Morgan fingerprint density at radius 2 is 0.911 bits per heavy atom. The molecule has 252 valence electrons. The third-order valence-corrected chi connectivity index (χ3v) is 11.2. The van der Waals surface area contributed by atoms with Crippen LogP contribution in [0.15, 0.2) is 36.4 Å². The van der Waals surface area contributed by atoms with Crippen molar-refractivity contribution >= 4 is 33.1 Å². The first-order valence-electron chi connectivity index (χ1n) is 17.4. The van der Waals surface area contributed by atoms with E-state index in [2.05, 4.69) is 41.5 Å².